The monoisotopic (exact) mass is 391 g/mol. The molecule has 0 spiro atoms. The summed E-state index contributed by atoms with van der Waals surface area (Å²) in [4.78, 5) is 12.6. The molecule has 1 aromatic heterocycles. The quantitative estimate of drug-likeness (QED) is 0.417. The van der Waals surface area contributed by atoms with Crippen molar-refractivity contribution in [2.75, 3.05) is 5.32 Å². The summed E-state index contributed by atoms with van der Waals surface area (Å²) < 4.78 is 6.21. The van der Waals surface area contributed by atoms with Gasteiger partial charge in [0.05, 0.1) is 10.5 Å². The van der Waals surface area contributed by atoms with Gasteiger partial charge in [-0.15, -0.1) is 0 Å². The second-order valence-corrected chi connectivity index (χ2v) is 7.55. The number of amides is 1. The first-order valence-corrected chi connectivity index (χ1v) is 9.60. The number of para-hydroxylation sites is 1. The smallest absolute Gasteiger partial charge is 0.298 e. The lowest BCUT2D eigenvalue weighted by molar-refractivity contribution is -0.705. The predicted octanol–water partition coefficient (Wildman–Crippen LogP) is 3.30. The highest BCUT2D eigenvalue weighted by atomic mass is 32.2. The van der Waals surface area contributed by atoms with Crippen molar-refractivity contribution in [1.29, 1.82) is 0 Å². The number of carbonyl (C=O) groups is 1. The minimum absolute atomic E-state index is 0.208. The maximum atomic E-state index is 12.6. The minimum Gasteiger partial charge on any atom is -0.538 e. The molecule has 1 amide bonds. The number of thioether (sulfide) groups is 1. The summed E-state index contributed by atoms with van der Waals surface area (Å²) in [5, 5.41) is 20.7. The largest absolute Gasteiger partial charge is 0.538 e. The van der Waals surface area contributed by atoms with E-state index in [0.717, 1.165) is 22.5 Å². The normalized spacial score (nSPS) is 12.0. The Bertz CT molecular complexity index is 1130. The molecule has 1 heterocycles. The highest BCUT2D eigenvalue weighted by Crippen LogP contribution is 2.28. The van der Waals surface area contributed by atoms with Gasteiger partial charge < -0.3 is 14.9 Å². The third kappa shape index (κ3) is 3.70. The van der Waals surface area contributed by atoms with Crippen LogP contribution < -0.4 is 15.1 Å². The molecule has 6 nitrogen and oxygen atoms in total. The maximum Gasteiger partial charge on any atom is 0.298 e. The summed E-state index contributed by atoms with van der Waals surface area (Å²) in [6.07, 6.45) is 0. The lowest BCUT2D eigenvalue weighted by Crippen LogP contribution is -2.36. The molecule has 28 heavy (non-hydrogen) atoms. The fraction of sp³-hybridized carbons (Fsp3) is 0.0952. The third-order valence-electron chi connectivity index (χ3n) is 4.25. The average molecular weight is 391 g/mol. The van der Waals surface area contributed by atoms with E-state index in [9.17, 15) is 9.90 Å². The van der Waals surface area contributed by atoms with Gasteiger partial charge in [-0.1, -0.05) is 48.5 Å². The Morgan fingerprint density at radius 3 is 2.57 bits per heavy atom. The van der Waals surface area contributed by atoms with Crippen molar-refractivity contribution >= 4 is 34.1 Å². The van der Waals surface area contributed by atoms with Gasteiger partial charge in [-0.2, -0.15) is 0 Å². The molecule has 0 radical (unpaired) electrons. The van der Waals surface area contributed by atoms with Crippen LogP contribution in [0.2, 0.25) is 0 Å². The SMILES string of the molecule is CC(Sc1c([O-])on[n+]1-c1ccccc1)C(=O)Nc1ccc2ccccc2c1. The van der Waals surface area contributed by atoms with E-state index in [-0.39, 0.29) is 10.9 Å². The molecule has 0 aliphatic carbocycles. The fourth-order valence-electron chi connectivity index (χ4n) is 2.80. The van der Waals surface area contributed by atoms with E-state index in [1.807, 2.05) is 72.8 Å². The molecule has 7 heteroatoms. The van der Waals surface area contributed by atoms with Gasteiger partial charge in [-0.3, -0.25) is 4.79 Å². The van der Waals surface area contributed by atoms with Crippen LogP contribution in [0.4, 0.5) is 5.69 Å². The number of aromatic nitrogens is 2. The van der Waals surface area contributed by atoms with Crippen LogP contribution in [0.25, 0.3) is 16.5 Å². The average Bonchev–Trinajstić information content (AvgIpc) is 3.08. The van der Waals surface area contributed by atoms with Crippen molar-refractivity contribution in [1.82, 2.24) is 5.27 Å². The van der Waals surface area contributed by atoms with Crippen molar-refractivity contribution in [2.24, 2.45) is 0 Å². The molecule has 1 N–H and O–H groups in total. The van der Waals surface area contributed by atoms with Crippen molar-refractivity contribution in [3.05, 3.63) is 72.8 Å². The third-order valence-corrected chi connectivity index (χ3v) is 5.38. The van der Waals surface area contributed by atoms with Crippen molar-refractivity contribution in [3.8, 4) is 11.6 Å². The number of hydrogen-bond acceptors (Lipinski definition) is 5. The molecule has 4 rings (SSSR count). The second-order valence-electron chi connectivity index (χ2n) is 6.22. The highest BCUT2D eigenvalue weighted by Gasteiger charge is 2.26. The zero-order chi connectivity index (χ0) is 19.5. The van der Waals surface area contributed by atoms with Gasteiger partial charge in [0.15, 0.2) is 5.95 Å². The number of fused-ring (bicyclic) bond motifs is 1. The van der Waals surface area contributed by atoms with Crippen LogP contribution in [0.3, 0.4) is 0 Å². The Balaban J connectivity index is 1.51. The van der Waals surface area contributed by atoms with Crippen molar-refractivity contribution < 1.29 is 19.1 Å². The van der Waals surface area contributed by atoms with Crippen LogP contribution in [-0.2, 0) is 4.79 Å². The number of anilines is 1. The molecule has 0 saturated carbocycles. The highest BCUT2D eigenvalue weighted by molar-refractivity contribution is 8.00. The van der Waals surface area contributed by atoms with E-state index in [4.69, 9.17) is 4.52 Å². The van der Waals surface area contributed by atoms with Crippen LogP contribution in [0, 0.1) is 0 Å². The molecule has 1 unspecified atom stereocenters. The van der Waals surface area contributed by atoms with E-state index >= 15 is 0 Å². The second kappa shape index (κ2) is 7.74. The number of rotatable bonds is 5. The summed E-state index contributed by atoms with van der Waals surface area (Å²) in [5.41, 5.74) is 1.40. The minimum atomic E-state index is -0.570. The van der Waals surface area contributed by atoms with E-state index in [2.05, 4.69) is 10.6 Å². The van der Waals surface area contributed by atoms with Gasteiger partial charge >= 0.3 is 0 Å². The molecule has 140 valence electrons. The van der Waals surface area contributed by atoms with Gasteiger partial charge in [0, 0.05) is 17.8 Å². The molecule has 1 atom stereocenters. The van der Waals surface area contributed by atoms with E-state index < -0.39 is 11.2 Å². The van der Waals surface area contributed by atoms with Gasteiger partial charge in [-0.05, 0) is 46.3 Å². The molecule has 0 bridgehead atoms. The number of hydrogen-bond donors (Lipinski definition) is 1. The van der Waals surface area contributed by atoms with Gasteiger partial charge in [0.1, 0.15) is 0 Å². The fourth-order valence-corrected chi connectivity index (χ4v) is 3.68. The summed E-state index contributed by atoms with van der Waals surface area (Å²) in [7, 11) is 0. The molecular weight excluding hydrogens is 374 g/mol. The Morgan fingerprint density at radius 2 is 1.79 bits per heavy atom. The summed E-state index contributed by atoms with van der Waals surface area (Å²) >= 11 is 1.11. The molecule has 4 aromatic rings. The lowest BCUT2D eigenvalue weighted by atomic mass is 10.1. The Labute approximate surface area is 165 Å². The van der Waals surface area contributed by atoms with Crippen molar-refractivity contribution in [2.45, 2.75) is 17.2 Å². The van der Waals surface area contributed by atoms with Crippen molar-refractivity contribution in [3.63, 3.8) is 0 Å². The Kier molecular flexibility index (Phi) is 4.99. The predicted molar refractivity (Wildman–Crippen MR) is 105 cm³/mol. The first kappa shape index (κ1) is 18.1. The topological polar surface area (TPSA) is 82.1 Å². The van der Waals surface area contributed by atoms with E-state index in [0.29, 0.717) is 11.4 Å². The molecular formula is C21H17N3O3S. The van der Waals surface area contributed by atoms with Gasteiger partial charge in [-0.25, -0.2) is 0 Å². The van der Waals surface area contributed by atoms with Crippen LogP contribution in [0.15, 0.2) is 82.3 Å². The van der Waals surface area contributed by atoms with Crippen LogP contribution in [-0.4, -0.2) is 16.4 Å². The molecule has 0 aliphatic heterocycles. The Hall–Kier alpha value is -3.32. The number of nitrogens with zero attached hydrogens (tertiary/aromatic N) is 2. The standard InChI is InChI=1S/C21H17N3O3S/c1-14(19(25)22-17-12-11-15-7-5-6-8-16(15)13-17)28-20-21(26)27-23-24(20)18-9-3-2-4-10-18/h2-14H,1H3,(H-,22,23,25,26). The van der Waals surface area contributed by atoms with Crippen LogP contribution >= 0.6 is 11.8 Å². The lowest BCUT2D eigenvalue weighted by Gasteiger charge is -2.11. The zero-order valence-electron chi connectivity index (χ0n) is 15.0. The van der Waals surface area contributed by atoms with E-state index in [1.54, 1.807) is 6.92 Å². The van der Waals surface area contributed by atoms with Crippen LogP contribution in [0.1, 0.15) is 6.92 Å². The summed E-state index contributed by atoms with van der Waals surface area (Å²) in [6, 6.07) is 22.9. The van der Waals surface area contributed by atoms with Gasteiger partial charge in [0.25, 0.3) is 5.03 Å². The van der Waals surface area contributed by atoms with Crippen LogP contribution in [0.5, 0.6) is 5.95 Å². The molecule has 0 aliphatic rings. The first-order chi connectivity index (χ1) is 13.6. The maximum absolute atomic E-state index is 12.6. The van der Waals surface area contributed by atoms with E-state index in [1.165, 1.54) is 4.68 Å². The Morgan fingerprint density at radius 1 is 1.07 bits per heavy atom. The summed E-state index contributed by atoms with van der Waals surface area (Å²) in [5.74, 6) is -0.778. The molecule has 3 aromatic carbocycles. The number of nitrogens with one attached hydrogen (secondary N) is 1. The number of benzene rings is 3. The zero-order valence-corrected chi connectivity index (χ0v) is 15.8. The molecule has 0 saturated heterocycles. The first-order valence-electron chi connectivity index (χ1n) is 8.72. The van der Waals surface area contributed by atoms with Gasteiger partial charge in [0.2, 0.25) is 11.6 Å². The summed E-state index contributed by atoms with van der Waals surface area (Å²) in [6.45, 7) is 1.74. The molecule has 0 fully saturated rings. The number of carbonyl (C=O) groups excluding carboxylic acids is 1.